The van der Waals surface area contributed by atoms with Gasteiger partial charge in [0.1, 0.15) is 0 Å². The van der Waals surface area contributed by atoms with Crippen LogP contribution >= 0.6 is 34.7 Å². The summed E-state index contributed by atoms with van der Waals surface area (Å²) < 4.78 is 0. The Bertz CT molecular complexity index is 459. The first-order chi connectivity index (χ1) is 9.79. The molecular formula is C15H20ClNOS2. The molecular weight excluding hydrogens is 310 g/mol. The standard InChI is InChI=1S/C15H20ClNOS2/c16-6-7-17(12-3-1-2-4-12)15(18)14-9-11-10-19-8-5-13(11)20-14/h9,12H,1-8,10H2. The van der Waals surface area contributed by atoms with Crippen LogP contribution in [0.15, 0.2) is 6.07 Å². The molecule has 1 aliphatic carbocycles. The summed E-state index contributed by atoms with van der Waals surface area (Å²) in [5.74, 6) is 3.00. The van der Waals surface area contributed by atoms with Gasteiger partial charge in [0.25, 0.3) is 5.91 Å². The summed E-state index contributed by atoms with van der Waals surface area (Å²) in [5, 5.41) is 0. The first kappa shape index (κ1) is 14.7. The maximum atomic E-state index is 12.8. The summed E-state index contributed by atoms with van der Waals surface area (Å²) in [6.45, 7) is 0.683. The summed E-state index contributed by atoms with van der Waals surface area (Å²) in [7, 11) is 0. The number of carbonyl (C=O) groups is 1. The van der Waals surface area contributed by atoms with Crippen molar-refractivity contribution in [2.75, 3.05) is 18.2 Å². The number of halogens is 1. The first-order valence-corrected chi connectivity index (χ1v) is 9.86. The summed E-state index contributed by atoms with van der Waals surface area (Å²) in [4.78, 5) is 17.2. The molecule has 0 spiro atoms. The van der Waals surface area contributed by atoms with Gasteiger partial charge < -0.3 is 4.90 Å². The van der Waals surface area contributed by atoms with Crippen molar-refractivity contribution in [3.63, 3.8) is 0 Å². The van der Waals surface area contributed by atoms with Gasteiger partial charge in [-0.1, -0.05) is 12.8 Å². The number of carbonyl (C=O) groups excluding carboxylic acids is 1. The molecule has 3 rings (SSSR count). The monoisotopic (exact) mass is 329 g/mol. The Morgan fingerprint density at radius 3 is 2.90 bits per heavy atom. The third-order valence-corrected chi connectivity index (χ3v) is 6.59. The van der Waals surface area contributed by atoms with Crippen molar-refractivity contribution in [1.29, 1.82) is 0 Å². The zero-order valence-corrected chi connectivity index (χ0v) is 14.0. The Labute approximate surface area is 133 Å². The van der Waals surface area contributed by atoms with Crippen LogP contribution in [0, 0.1) is 0 Å². The molecule has 1 saturated carbocycles. The van der Waals surface area contributed by atoms with E-state index in [0.717, 1.165) is 29.9 Å². The molecule has 1 aromatic rings. The van der Waals surface area contributed by atoms with Gasteiger partial charge in [0.2, 0.25) is 0 Å². The SMILES string of the molecule is O=C(c1cc2c(s1)CCSC2)N(CCCl)C1CCCC1. The van der Waals surface area contributed by atoms with Crippen molar-refractivity contribution in [2.45, 2.75) is 43.9 Å². The molecule has 2 nitrogen and oxygen atoms in total. The molecule has 1 aliphatic heterocycles. The molecule has 0 unspecified atom stereocenters. The van der Waals surface area contributed by atoms with Gasteiger partial charge in [0.05, 0.1) is 4.88 Å². The van der Waals surface area contributed by atoms with Crippen LogP contribution in [0.2, 0.25) is 0 Å². The highest BCUT2D eigenvalue weighted by Gasteiger charge is 2.28. The molecule has 110 valence electrons. The lowest BCUT2D eigenvalue weighted by Crippen LogP contribution is -2.39. The van der Waals surface area contributed by atoms with Crippen LogP contribution in [-0.4, -0.2) is 35.0 Å². The summed E-state index contributed by atoms with van der Waals surface area (Å²) in [5.41, 5.74) is 1.38. The van der Waals surface area contributed by atoms with Crippen LogP contribution in [0.3, 0.4) is 0 Å². The number of nitrogens with zero attached hydrogens (tertiary/aromatic N) is 1. The quantitative estimate of drug-likeness (QED) is 0.773. The molecule has 0 bridgehead atoms. The molecule has 1 fully saturated rings. The minimum Gasteiger partial charge on any atom is -0.334 e. The van der Waals surface area contributed by atoms with Gasteiger partial charge in [-0.15, -0.1) is 22.9 Å². The Morgan fingerprint density at radius 1 is 1.40 bits per heavy atom. The fourth-order valence-corrected chi connectivity index (χ4v) is 5.66. The highest BCUT2D eigenvalue weighted by Crippen LogP contribution is 2.33. The van der Waals surface area contributed by atoms with E-state index in [1.807, 2.05) is 16.7 Å². The predicted octanol–water partition coefficient (Wildman–Crippen LogP) is 4.16. The lowest BCUT2D eigenvalue weighted by Gasteiger charge is -2.27. The van der Waals surface area contributed by atoms with E-state index in [0.29, 0.717) is 18.5 Å². The molecule has 0 atom stereocenters. The van der Waals surface area contributed by atoms with Gasteiger partial charge in [-0.3, -0.25) is 4.79 Å². The van der Waals surface area contributed by atoms with Gasteiger partial charge in [0, 0.05) is 29.1 Å². The normalized spacial score (nSPS) is 19.1. The van der Waals surface area contributed by atoms with E-state index in [1.54, 1.807) is 11.3 Å². The molecule has 1 amide bonds. The van der Waals surface area contributed by atoms with E-state index >= 15 is 0 Å². The maximum absolute atomic E-state index is 12.8. The van der Waals surface area contributed by atoms with Gasteiger partial charge in [-0.05, 0) is 36.6 Å². The molecule has 2 heterocycles. The highest BCUT2D eigenvalue weighted by molar-refractivity contribution is 7.98. The second-order valence-corrected chi connectivity index (χ2v) is 8.11. The number of thiophene rings is 1. The Kier molecular flexibility index (Phi) is 4.95. The number of alkyl halides is 1. The average Bonchev–Trinajstić information content (AvgIpc) is 3.12. The molecule has 0 N–H and O–H groups in total. The topological polar surface area (TPSA) is 20.3 Å². The van der Waals surface area contributed by atoms with Gasteiger partial charge in [-0.25, -0.2) is 0 Å². The fourth-order valence-electron chi connectivity index (χ4n) is 3.15. The summed E-state index contributed by atoms with van der Waals surface area (Å²) in [6.07, 6.45) is 5.90. The van der Waals surface area contributed by atoms with Crippen molar-refractivity contribution in [3.05, 3.63) is 21.4 Å². The number of rotatable bonds is 4. The van der Waals surface area contributed by atoms with Crippen LogP contribution < -0.4 is 0 Å². The second kappa shape index (κ2) is 6.71. The number of thioether (sulfide) groups is 1. The van der Waals surface area contributed by atoms with E-state index in [-0.39, 0.29) is 5.91 Å². The van der Waals surface area contributed by atoms with E-state index in [4.69, 9.17) is 11.6 Å². The molecule has 0 saturated heterocycles. The number of hydrogen-bond acceptors (Lipinski definition) is 3. The third kappa shape index (κ3) is 3.02. The first-order valence-electron chi connectivity index (χ1n) is 7.36. The van der Waals surface area contributed by atoms with Crippen molar-refractivity contribution in [3.8, 4) is 0 Å². The van der Waals surface area contributed by atoms with Crippen LogP contribution in [0.5, 0.6) is 0 Å². The lowest BCUT2D eigenvalue weighted by molar-refractivity contribution is 0.0700. The summed E-state index contributed by atoms with van der Waals surface area (Å²) in [6, 6.07) is 2.54. The third-order valence-electron chi connectivity index (χ3n) is 4.19. The smallest absolute Gasteiger partial charge is 0.264 e. The molecule has 0 aromatic carbocycles. The molecule has 2 aliphatic rings. The maximum Gasteiger partial charge on any atom is 0.264 e. The van der Waals surface area contributed by atoms with Crippen molar-refractivity contribution < 1.29 is 4.79 Å². The van der Waals surface area contributed by atoms with Crippen LogP contribution in [0.1, 0.15) is 45.8 Å². The summed E-state index contributed by atoms with van der Waals surface area (Å²) >= 11 is 9.59. The Hall–Kier alpha value is -0.190. The van der Waals surface area contributed by atoms with E-state index < -0.39 is 0 Å². The zero-order chi connectivity index (χ0) is 13.9. The Balaban J connectivity index is 1.79. The van der Waals surface area contributed by atoms with Crippen molar-refractivity contribution in [2.24, 2.45) is 0 Å². The van der Waals surface area contributed by atoms with Gasteiger partial charge >= 0.3 is 0 Å². The average molecular weight is 330 g/mol. The fraction of sp³-hybridized carbons (Fsp3) is 0.667. The van der Waals surface area contributed by atoms with Gasteiger partial charge in [-0.2, -0.15) is 11.8 Å². The second-order valence-electron chi connectivity index (χ2n) is 5.49. The molecule has 5 heteroatoms. The number of fused-ring (bicyclic) bond motifs is 1. The molecule has 20 heavy (non-hydrogen) atoms. The molecule has 1 aromatic heterocycles. The van der Waals surface area contributed by atoms with E-state index in [2.05, 4.69) is 6.07 Å². The predicted molar refractivity (Wildman–Crippen MR) is 88.2 cm³/mol. The van der Waals surface area contributed by atoms with Crippen LogP contribution in [0.25, 0.3) is 0 Å². The van der Waals surface area contributed by atoms with Crippen molar-refractivity contribution >= 4 is 40.6 Å². The number of hydrogen-bond donors (Lipinski definition) is 0. The highest BCUT2D eigenvalue weighted by atomic mass is 35.5. The zero-order valence-electron chi connectivity index (χ0n) is 11.6. The minimum atomic E-state index is 0.210. The molecule has 0 radical (unpaired) electrons. The van der Waals surface area contributed by atoms with Gasteiger partial charge in [0.15, 0.2) is 0 Å². The van der Waals surface area contributed by atoms with E-state index in [9.17, 15) is 4.79 Å². The minimum absolute atomic E-state index is 0.210. The number of aryl methyl sites for hydroxylation is 1. The largest absolute Gasteiger partial charge is 0.334 e. The Morgan fingerprint density at radius 2 is 2.20 bits per heavy atom. The number of amides is 1. The van der Waals surface area contributed by atoms with E-state index in [1.165, 1.54) is 29.0 Å². The van der Waals surface area contributed by atoms with Crippen molar-refractivity contribution in [1.82, 2.24) is 4.90 Å². The van der Waals surface area contributed by atoms with Crippen LogP contribution in [0.4, 0.5) is 0 Å². The van der Waals surface area contributed by atoms with Crippen LogP contribution in [-0.2, 0) is 12.2 Å². The lowest BCUT2D eigenvalue weighted by atomic mass is 10.2.